The molecule has 170 valence electrons. The Morgan fingerprint density at radius 2 is 1.76 bits per heavy atom. The lowest BCUT2D eigenvalue weighted by Crippen LogP contribution is -2.63. The number of carboxylic acids is 1. The maximum absolute atomic E-state index is 11.1. The molecule has 3 aliphatic carbocycles. The van der Waals surface area contributed by atoms with Gasteiger partial charge in [-0.05, 0) is 80.7 Å². The minimum atomic E-state index is -0.632. The van der Waals surface area contributed by atoms with Crippen LogP contribution in [0.4, 0.5) is 0 Å². The van der Waals surface area contributed by atoms with E-state index < -0.39 is 5.97 Å². The van der Waals surface area contributed by atoms with Crippen LogP contribution in [0.1, 0.15) is 60.8 Å². The van der Waals surface area contributed by atoms with Crippen LogP contribution < -0.4 is 4.74 Å². The number of likely N-dealkylation sites (tertiary alicyclic amines) is 1. The van der Waals surface area contributed by atoms with Crippen molar-refractivity contribution in [3.05, 3.63) is 58.8 Å². The van der Waals surface area contributed by atoms with Crippen LogP contribution in [-0.4, -0.2) is 46.2 Å². The molecule has 1 aromatic carbocycles. The number of carbonyl (C=O) groups is 1. The van der Waals surface area contributed by atoms with Gasteiger partial charge in [-0.2, -0.15) is 0 Å². The third-order valence-corrected chi connectivity index (χ3v) is 8.07. The van der Waals surface area contributed by atoms with E-state index in [2.05, 4.69) is 39.9 Å². The van der Waals surface area contributed by atoms with Crippen molar-refractivity contribution in [3.8, 4) is 17.7 Å². The molecular weight excluding hydrogens is 412 g/mol. The molecule has 4 aliphatic rings. The number of hydrogen-bond acceptors (Lipinski definition) is 4. The van der Waals surface area contributed by atoms with E-state index in [1.807, 2.05) is 12.1 Å². The highest BCUT2D eigenvalue weighted by Crippen LogP contribution is 2.47. The lowest BCUT2D eigenvalue weighted by molar-refractivity contribution is -0.150. The predicted molar refractivity (Wildman–Crippen MR) is 125 cm³/mol. The summed E-state index contributed by atoms with van der Waals surface area (Å²) in [6, 6.07) is 11.0. The molecule has 1 spiro atoms. The van der Waals surface area contributed by atoms with Crippen LogP contribution in [0.15, 0.2) is 36.5 Å². The van der Waals surface area contributed by atoms with Gasteiger partial charge < -0.3 is 9.84 Å². The van der Waals surface area contributed by atoms with Gasteiger partial charge in [-0.3, -0.25) is 9.69 Å². The fraction of sp³-hybridized carbons (Fsp3) is 0.500. The van der Waals surface area contributed by atoms with Crippen LogP contribution in [-0.2, 0) is 17.6 Å². The molecule has 2 aromatic rings. The number of pyridine rings is 1. The minimum Gasteiger partial charge on any atom is -0.481 e. The second-order valence-electron chi connectivity index (χ2n) is 10.6. The number of fused-ring (bicyclic) bond motifs is 1. The Balaban J connectivity index is 1.05. The second-order valence-corrected chi connectivity index (χ2v) is 10.6. The molecule has 6 rings (SSSR count). The summed E-state index contributed by atoms with van der Waals surface area (Å²) in [7, 11) is 0. The van der Waals surface area contributed by atoms with Gasteiger partial charge in [0.05, 0.1) is 5.92 Å². The number of rotatable bonds is 4. The number of carboxylic acid groups (broad SMARTS) is 1. The van der Waals surface area contributed by atoms with Crippen LogP contribution in [0.5, 0.6) is 5.88 Å². The molecule has 1 N–H and O–H groups in total. The quantitative estimate of drug-likeness (QED) is 0.724. The zero-order chi connectivity index (χ0) is 22.4. The van der Waals surface area contributed by atoms with Gasteiger partial charge in [0.2, 0.25) is 5.88 Å². The molecule has 0 radical (unpaired) electrons. The summed E-state index contributed by atoms with van der Waals surface area (Å²) in [5, 5.41) is 9.11. The molecule has 33 heavy (non-hydrogen) atoms. The summed E-state index contributed by atoms with van der Waals surface area (Å²) in [6.07, 6.45) is 10.8. The molecule has 1 aromatic heterocycles. The molecule has 0 bridgehead atoms. The Labute approximate surface area is 195 Å². The number of hydrogen-bond donors (Lipinski definition) is 1. The van der Waals surface area contributed by atoms with Crippen LogP contribution >= 0.6 is 0 Å². The Bertz CT molecular complexity index is 1110. The highest BCUT2D eigenvalue weighted by Gasteiger charge is 2.51. The Kier molecular flexibility index (Phi) is 5.14. The number of benzene rings is 1. The Hall–Kier alpha value is -2.84. The summed E-state index contributed by atoms with van der Waals surface area (Å²) >= 11 is 0. The van der Waals surface area contributed by atoms with Crippen LogP contribution in [0.25, 0.3) is 0 Å². The molecular formula is C28H30N2O3. The van der Waals surface area contributed by atoms with Gasteiger partial charge in [-0.15, -0.1) is 0 Å². The van der Waals surface area contributed by atoms with Gasteiger partial charge >= 0.3 is 5.97 Å². The molecule has 3 fully saturated rings. The summed E-state index contributed by atoms with van der Waals surface area (Å²) in [4.78, 5) is 18.0. The van der Waals surface area contributed by atoms with Gasteiger partial charge in [-0.25, -0.2) is 4.98 Å². The summed E-state index contributed by atoms with van der Waals surface area (Å²) in [6.45, 7) is 2.20. The fourth-order valence-corrected chi connectivity index (χ4v) is 6.14. The molecule has 5 nitrogen and oxygen atoms in total. The Morgan fingerprint density at radius 3 is 2.48 bits per heavy atom. The molecule has 1 aliphatic heterocycles. The number of nitrogens with zero attached hydrogens (tertiary/aromatic N) is 2. The zero-order valence-corrected chi connectivity index (χ0v) is 18.9. The molecule has 0 unspecified atom stereocenters. The van der Waals surface area contributed by atoms with Gasteiger partial charge in [0.25, 0.3) is 0 Å². The average molecular weight is 443 g/mol. The van der Waals surface area contributed by atoms with E-state index in [1.165, 1.54) is 24.0 Å². The van der Waals surface area contributed by atoms with Crippen molar-refractivity contribution in [3.63, 3.8) is 0 Å². The fourth-order valence-electron chi connectivity index (χ4n) is 6.14. The lowest BCUT2D eigenvalue weighted by Gasteiger charge is -2.55. The van der Waals surface area contributed by atoms with Gasteiger partial charge in [-0.1, -0.05) is 17.9 Å². The normalized spacial score (nSPS) is 25.6. The van der Waals surface area contributed by atoms with Gasteiger partial charge in [0, 0.05) is 47.9 Å². The predicted octanol–water partition coefficient (Wildman–Crippen LogP) is 4.07. The van der Waals surface area contributed by atoms with Crippen molar-refractivity contribution >= 4 is 5.97 Å². The Morgan fingerprint density at radius 1 is 1.03 bits per heavy atom. The summed E-state index contributed by atoms with van der Waals surface area (Å²) in [5.74, 6) is 6.50. The first-order chi connectivity index (χ1) is 16.1. The minimum absolute atomic E-state index is 0.125. The molecule has 5 heteroatoms. The molecule has 1 saturated heterocycles. The van der Waals surface area contributed by atoms with Crippen molar-refractivity contribution in [2.45, 2.75) is 63.5 Å². The molecule has 2 heterocycles. The van der Waals surface area contributed by atoms with Gasteiger partial charge in [0.1, 0.15) is 6.10 Å². The van der Waals surface area contributed by atoms with Gasteiger partial charge in [0.15, 0.2) is 0 Å². The number of aliphatic carboxylic acids is 1. The molecule has 0 amide bonds. The van der Waals surface area contributed by atoms with Crippen molar-refractivity contribution < 1.29 is 14.6 Å². The van der Waals surface area contributed by atoms with Crippen molar-refractivity contribution in [1.82, 2.24) is 9.88 Å². The molecule has 2 saturated carbocycles. The van der Waals surface area contributed by atoms with E-state index in [0.29, 0.717) is 23.4 Å². The van der Waals surface area contributed by atoms with E-state index in [1.54, 1.807) is 6.20 Å². The van der Waals surface area contributed by atoms with Crippen molar-refractivity contribution in [2.24, 2.45) is 11.3 Å². The highest BCUT2D eigenvalue weighted by molar-refractivity contribution is 5.71. The largest absolute Gasteiger partial charge is 0.481 e. The first-order valence-electron chi connectivity index (χ1n) is 12.3. The third kappa shape index (κ3) is 4.13. The molecule has 0 atom stereocenters. The zero-order valence-electron chi connectivity index (χ0n) is 18.9. The first-order valence-corrected chi connectivity index (χ1v) is 12.3. The van der Waals surface area contributed by atoms with E-state index in [-0.39, 0.29) is 5.92 Å². The third-order valence-electron chi connectivity index (χ3n) is 8.07. The summed E-state index contributed by atoms with van der Waals surface area (Å²) < 4.78 is 5.94. The highest BCUT2D eigenvalue weighted by atomic mass is 16.5. The van der Waals surface area contributed by atoms with Crippen LogP contribution in [0, 0.1) is 23.2 Å². The van der Waals surface area contributed by atoms with Crippen LogP contribution in [0.3, 0.4) is 0 Å². The van der Waals surface area contributed by atoms with E-state index in [0.717, 1.165) is 62.7 Å². The van der Waals surface area contributed by atoms with Crippen molar-refractivity contribution in [1.29, 1.82) is 0 Å². The topological polar surface area (TPSA) is 62.7 Å². The number of aromatic nitrogens is 1. The first kappa shape index (κ1) is 20.7. The number of ether oxygens (including phenoxy) is 1. The maximum atomic E-state index is 11.1. The van der Waals surface area contributed by atoms with Crippen LogP contribution in [0.2, 0.25) is 0 Å². The average Bonchev–Trinajstić information content (AvgIpc) is 3.38. The monoisotopic (exact) mass is 442 g/mol. The van der Waals surface area contributed by atoms with E-state index in [4.69, 9.17) is 9.84 Å². The smallest absolute Gasteiger partial charge is 0.306 e. The maximum Gasteiger partial charge on any atom is 0.306 e. The van der Waals surface area contributed by atoms with E-state index in [9.17, 15) is 4.79 Å². The SMILES string of the molecule is O=C(O)C1CC(N2CC3(Cc4ccc(C#Cc5ccc(OC6CCCC6)nc5)cc4C3)C2)C1. The second kappa shape index (κ2) is 8.18. The standard InChI is InChI=1S/C28H30N2O3/c31-27(32)22-12-24(13-22)30-17-28(18-30)14-21-9-7-19(11-23(21)15-28)5-6-20-8-10-26(29-16-20)33-25-3-1-2-4-25/h7-11,16,22,24-25H,1-4,12-15,17-18H2,(H,31,32). The summed E-state index contributed by atoms with van der Waals surface area (Å²) in [5.41, 5.74) is 5.18. The van der Waals surface area contributed by atoms with E-state index >= 15 is 0 Å². The van der Waals surface area contributed by atoms with Crippen molar-refractivity contribution in [2.75, 3.05) is 13.1 Å². The lowest BCUT2D eigenvalue weighted by atomic mass is 9.71.